The van der Waals surface area contributed by atoms with Crippen molar-refractivity contribution in [2.24, 2.45) is 23.7 Å². The quantitative estimate of drug-likeness (QED) is 0.825. The van der Waals surface area contributed by atoms with Gasteiger partial charge in [-0.1, -0.05) is 75.4 Å². The summed E-state index contributed by atoms with van der Waals surface area (Å²) in [6.07, 6.45) is 1.25. The monoisotopic (exact) mass is 336 g/mol. The van der Waals surface area contributed by atoms with Crippen LogP contribution in [-0.4, -0.2) is 10.9 Å². The van der Waals surface area contributed by atoms with E-state index in [1.165, 1.54) is 0 Å². The minimum atomic E-state index is -0.714. The summed E-state index contributed by atoms with van der Waals surface area (Å²) in [7, 11) is 0. The second kappa shape index (κ2) is 7.53. The van der Waals surface area contributed by atoms with E-state index in [1.54, 1.807) is 0 Å². The number of carbonyl (C=O) groups excluding carboxylic acids is 1. The van der Waals surface area contributed by atoms with E-state index in [4.69, 9.17) is 0 Å². The Morgan fingerprint density at radius 1 is 0.920 bits per heavy atom. The fraction of sp³-hybridized carbons (Fsp3) is 0.435. The summed E-state index contributed by atoms with van der Waals surface area (Å²) in [5, 5.41) is 10.9. The van der Waals surface area contributed by atoms with Gasteiger partial charge in [-0.15, -0.1) is 0 Å². The summed E-state index contributed by atoms with van der Waals surface area (Å²) in [6.45, 7) is 6.31. The standard InChI is InChI=1S/C23H28O2/c1-15(2)20-14-9-16(3)21(23(20)25)22(24)19-12-10-18(11-13-19)17-7-5-4-6-8-17/h4-8,10-13,15-16,20-22,24H,9,14H2,1-3H3/t16-,20-,21+,22+/m0/s1. The van der Waals surface area contributed by atoms with Gasteiger partial charge in [0.05, 0.1) is 12.0 Å². The van der Waals surface area contributed by atoms with Crippen LogP contribution in [0.5, 0.6) is 0 Å². The van der Waals surface area contributed by atoms with Crippen molar-refractivity contribution in [1.29, 1.82) is 0 Å². The van der Waals surface area contributed by atoms with E-state index < -0.39 is 6.10 Å². The molecule has 0 radical (unpaired) electrons. The third-order valence-electron chi connectivity index (χ3n) is 5.74. The smallest absolute Gasteiger partial charge is 0.142 e. The summed E-state index contributed by atoms with van der Waals surface area (Å²) in [5.41, 5.74) is 3.12. The van der Waals surface area contributed by atoms with Crippen molar-refractivity contribution >= 4 is 5.78 Å². The molecule has 132 valence electrons. The molecule has 2 aromatic rings. The number of hydrogen-bond donors (Lipinski definition) is 1. The zero-order valence-electron chi connectivity index (χ0n) is 15.4. The number of hydrogen-bond acceptors (Lipinski definition) is 2. The fourth-order valence-electron chi connectivity index (χ4n) is 4.13. The van der Waals surface area contributed by atoms with Crippen molar-refractivity contribution < 1.29 is 9.90 Å². The van der Waals surface area contributed by atoms with E-state index in [1.807, 2.05) is 42.5 Å². The third-order valence-corrected chi connectivity index (χ3v) is 5.74. The molecule has 3 rings (SSSR count). The second-order valence-corrected chi connectivity index (χ2v) is 7.77. The highest BCUT2D eigenvalue weighted by Crippen LogP contribution is 2.41. The zero-order chi connectivity index (χ0) is 18.0. The van der Waals surface area contributed by atoms with Gasteiger partial charge in [0.15, 0.2) is 0 Å². The normalized spacial score (nSPS) is 25.2. The first kappa shape index (κ1) is 17.9. The first-order valence-corrected chi connectivity index (χ1v) is 9.36. The maximum absolute atomic E-state index is 12.9. The lowest BCUT2D eigenvalue weighted by molar-refractivity contribution is -0.138. The zero-order valence-corrected chi connectivity index (χ0v) is 15.4. The Balaban J connectivity index is 1.82. The molecule has 0 saturated heterocycles. The van der Waals surface area contributed by atoms with Crippen molar-refractivity contribution in [2.75, 3.05) is 0 Å². The van der Waals surface area contributed by atoms with E-state index in [-0.39, 0.29) is 23.5 Å². The maximum Gasteiger partial charge on any atom is 0.142 e. The van der Waals surface area contributed by atoms with Crippen LogP contribution >= 0.6 is 0 Å². The van der Waals surface area contributed by atoms with Crippen molar-refractivity contribution in [3.8, 4) is 11.1 Å². The largest absolute Gasteiger partial charge is 0.388 e. The Bertz CT molecular complexity index is 703. The van der Waals surface area contributed by atoms with Gasteiger partial charge in [0, 0.05) is 5.92 Å². The van der Waals surface area contributed by atoms with Crippen LogP contribution in [0.15, 0.2) is 54.6 Å². The molecule has 0 amide bonds. The molecule has 0 aliphatic heterocycles. The van der Waals surface area contributed by atoms with Crippen LogP contribution < -0.4 is 0 Å². The number of benzene rings is 2. The minimum Gasteiger partial charge on any atom is -0.388 e. The van der Waals surface area contributed by atoms with Crippen LogP contribution in [0, 0.1) is 23.7 Å². The number of aliphatic hydroxyl groups excluding tert-OH is 1. The molecule has 1 aliphatic carbocycles. The Kier molecular flexibility index (Phi) is 5.39. The predicted octanol–water partition coefficient (Wildman–Crippen LogP) is 5.27. The van der Waals surface area contributed by atoms with Gasteiger partial charge in [0.1, 0.15) is 5.78 Å². The van der Waals surface area contributed by atoms with Gasteiger partial charge in [0.2, 0.25) is 0 Å². The van der Waals surface area contributed by atoms with E-state index in [9.17, 15) is 9.90 Å². The van der Waals surface area contributed by atoms with Gasteiger partial charge in [-0.05, 0) is 41.4 Å². The van der Waals surface area contributed by atoms with Crippen LogP contribution in [0.1, 0.15) is 45.3 Å². The first-order chi connectivity index (χ1) is 12.0. The molecule has 25 heavy (non-hydrogen) atoms. The summed E-state index contributed by atoms with van der Waals surface area (Å²) in [5.74, 6) is 0.609. The SMILES string of the molecule is CC(C)[C@@H]1CC[C@H](C)[C@H]([C@H](O)c2ccc(-c3ccccc3)cc2)C1=O. The van der Waals surface area contributed by atoms with Crippen LogP contribution in [0.4, 0.5) is 0 Å². The number of ketones is 1. The summed E-state index contributed by atoms with van der Waals surface area (Å²) in [4.78, 5) is 12.9. The average Bonchev–Trinajstić information content (AvgIpc) is 2.62. The number of Topliss-reactive ketones (excluding diaryl/α,β-unsaturated/α-hetero) is 1. The van der Waals surface area contributed by atoms with E-state index in [0.29, 0.717) is 5.92 Å². The predicted molar refractivity (Wildman–Crippen MR) is 102 cm³/mol. The Labute approximate surface area is 150 Å². The minimum absolute atomic E-state index is 0.0828. The summed E-state index contributed by atoms with van der Waals surface area (Å²) >= 11 is 0. The average molecular weight is 336 g/mol. The van der Waals surface area contributed by atoms with Crippen LogP contribution in [0.25, 0.3) is 11.1 Å². The van der Waals surface area contributed by atoms with Gasteiger partial charge in [-0.3, -0.25) is 4.79 Å². The molecular formula is C23H28O2. The highest BCUT2D eigenvalue weighted by molar-refractivity contribution is 5.85. The van der Waals surface area contributed by atoms with E-state index in [2.05, 4.69) is 32.9 Å². The Morgan fingerprint density at radius 3 is 2.12 bits per heavy atom. The molecule has 0 aromatic heterocycles. The van der Waals surface area contributed by atoms with Gasteiger partial charge in [0.25, 0.3) is 0 Å². The lowest BCUT2D eigenvalue weighted by Gasteiger charge is -2.37. The van der Waals surface area contributed by atoms with Crippen LogP contribution in [0.3, 0.4) is 0 Å². The van der Waals surface area contributed by atoms with Gasteiger partial charge >= 0.3 is 0 Å². The summed E-state index contributed by atoms with van der Waals surface area (Å²) < 4.78 is 0. The lowest BCUT2D eigenvalue weighted by atomic mass is 9.67. The maximum atomic E-state index is 12.9. The van der Waals surface area contributed by atoms with Crippen molar-refractivity contribution in [3.05, 3.63) is 60.2 Å². The Hall–Kier alpha value is -1.93. The molecule has 4 atom stereocenters. The Morgan fingerprint density at radius 2 is 1.52 bits per heavy atom. The van der Waals surface area contributed by atoms with Gasteiger partial charge in [-0.25, -0.2) is 0 Å². The number of aliphatic hydroxyl groups is 1. The lowest BCUT2D eigenvalue weighted by Crippen LogP contribution is -2.39. The molecule has 2 nitrogen and oxygen atoms in total. The van der Waals surface area contributed by atoms with Gasteiger partial charge < -0.3 is 5.11 Å². The fourth-order valence-corrected chi connectivity index (χ4v) is 4.13. The highest BCUT2D eigenvalue weighted by atomic mass is 16.3. The molecule has 0 unspecified atom stereocenters. The van der Waals surface area contributed by atoms with E-state index in [0.717, 1.165) is 29.5 Å². The highest BCUT2D eigenvalue weighted by Gasteiger charge is 2.41. The van der Waals surface area contributed by atoms with Crippen LogP contribution in [0.2, 0.25) is 0 Å². The molecule has 1 saturated carbocycles. The molecule has 2 heteroatoms. The molecule has 0 spiro atoms. The molecule has 2 aromatic carbocycles. The summed E-state index contributed by atoms with van der Waals surface area (Å²) in [6, 6.07) is 18.2. The van der Waals surface area contributed by atoms with Crippen molar-refractivity contribution in [2.45, 2.75) is 39.7 Å². The second-order valence-electron chi connectivity index (χ2n) is 7.77. The molecule has 0 bridgehead atoms. The van der Waals surface area contributed by atoms with Crippen LogP contribution in [-0.2, 0) is 4.79 Å². The first-order valence-electron chi connectivity index (χ1n) is 9.36. The van der Waals surface area contributed by atoms with Crippen molar-refractivity contribution in [3.63, 3.8) is 0 Å². The topological polar surface area (TPSA) is 37.3 Å². The molecule has 1 N–H and O–H groups in total. The molecule has 0 heterocycles. The third kappa shape index (κ3) is 3.69. The van der Waals surface area contributed by atoms with E-state index >= 15 is 0 Å². The molecular weight excluding hydrogens is 308 g/mol. The molecule has 1 fully saturated rings. The number of rotatable bonds is 4. The number of carbonyl (C=O) groups is 1. The molecule has 1 aliphatic rings. The van der Waals surface area contributed by atoms with Gasteiger partial charge in [-0.2, -0.15) is 0 Å². The van der Waals surface area contributed by atoms with Crippen molar-refractivity contribution in [1.82, 2.24) is 0 Å².